The number of hydrogen-bond donors (Lipinski definition) is 0. The molecular weight excluding hydrogens is 1490 g/mol. The summed E-state index contributed by atoms with van der Waals surface area (Å²) >= 11 is 0. The SMILES string of the molecule is c1ccc(-c2cccc(-c3cc(-c4ccc(-c5cc6c(cc5-c5ccc(-c7cc(-c8ccccc8)nc(-c8ccccc8)n7)cc5)oc5cc(-c7cccc(-c8nc(-c9ccccc9)nc(-c9cc%10oc%11ccccc%11c%10cc9-c9cccc(-c%10nc(-c%11ccccc%11)cc(-c%11ccccc%11)n%10)c9)n8)c7)ccc56)cc4)nc(-c4ccccc4)n3)c2)cc1. The van der Waals surface area contributed by atoms with Gasteiger partial charge in [0.2, 0.25) is 0 Å². The molecule has 0 saturated heterocycles. The molecule has 0 atom stereocenters. The summed E-state index contributed by atoms with van der Waals surface area (Å²) in [6.45, 7) is 0. The number of benzene rings is 16. The first-order chi connectivity index (χ1) is 60.4. The van der Waals surface area contributed by atoms with E-state index in [2.05, 4.69) is 273 Å². The van der Waals surface area contributed by atoms with Gasteiger partial charge in [0, 0.05) is 88.3 Å². The number of para-hydroxylation sites is 1. The Morgan fingerprint density at radius 2 is 0.393 bits per heavy atom. The molecule has 0 radical (unpaired) electrons. The zero-order valence-electron chi connectivity index (χ0n) is 65.7. The number of furan rings is 2. The van der Waals surface area contributed by atoms with Crippen LogP contribution >= 0.6 is 0 Å². The van der Waals surface area contributed by atoms with Gasteiger partial charge < -0.3 is 8.83 Å². The molecule has 0 unspecified atom stereocenters. The molecule has 11 nitrogen and oxygen atoms in total. The Labute approximate surface area is 703 Å². The smallest absolute Gasteiger partial charge is 0.164 e. The van der Waals surface area contributed by atoms with Crippen molar-refractivity contribution in [1.82, 2.24) is 44.9 Å². The van der Waals surface area contributed by atoms with Gasteiger partial charge in [-0.05, 0) is 134 Å². The molecule has 0 bridgehead atoms. The van der Waals surface area contributed by atoms with Crippen molar-refractivity contribution in [2.45, 2.75) is 0 Å². The molecule has 0 saturated carbocycles. The van der Waals surface area contributed by atoms with Crippen LogP contribution in [0.25, 0.3) is 235 Å². The van der Waals surface area contributed by atoms with Crippen molar-refractivity contribution >= 4 is 43.9 Å². The lowest BCUT2D eigenvalue weighted by atomic mass is 9.91. The molecule has 0 spiro atoms. The van der Waals surface area contributed by atoms with Gasteiger partial charge in [-0.15, -0.1) is 0 Å². The third kappa shape index (κ3) is 14.1. The Kier molecular flexibility index (Phi) is 18.3. The van der Waals surface area contributed by atoms with E-state index in [0.717, 1.165) is 195 Å². The molecule has 6 heterocycles. The predicted molar refractivity (Wildman–Crippen MR) is 494 cm³/mol. The van der Waals surface area contributed by atoms with Gasteiger partial charge in [0.15, 0.2) is 34.9 Å². The van der Waals surface area contributed by atoms with Gasteiger partial charge in [0.05, 0.1) is 34.2 Å². The molecule has 11 heteroatoms. The first-order valence-electron chi connectivity index (χ1n) is 40.7. The maximum atomic E-state index is 7.12. The largest absolute Gasteiger partial charge is 0.456 e. The second kappa shape index (κ2) is 31.1. The van der Waals surface area contributed by atoms with Crippen LogP contribution in [-0.4, -0.2) is 44.9 Å². The van der Waals surface area contributed by atoms with Gasteiger partial charge in [0.25, 0.3) is 0 Å². The second-order valence-corrected chi connectivity index (χ2v) is 30.4. The maximum Gasteiger partial charge on any atom is 0.164 e. The average Bonchev–Trinajstić information content (AvgIpc) is 1.16. The van der Waals surface area contributed by atoms with Gasteiger partial charge in [-0.25, -0.2) is 44.9 Å². The van der Waals surface area contributed by atoms with Crippen molar-refractivity contribution in [3.05, 3.63) is 419 Å². The highest BCUT2D eigenvalue weighted by molar-refractivity contribution is 6.11. The predicted octanol–water partition coefficient (Wildman–Crippen LogP) is 28.4. The lowest BCUT2D eigenvalue weighted by molar-refractivity contribution is 0.668. The van der Waals surface area contributed by atoms with Gasteiger partial charge in [0.1, 0.15) is 22.3 Å². The van der Waals surface area contributed by atoms with Crippen molar-refractivity contribution in [1.29, 1.82) is 0 Å². The van der Waals surface area contributed by atoms with Gasteiger partial charge >= 0.3 is 0 Å². The summed E-state index contributed by atoms with van der Waals surface area (Å²) in [5.41, 5.74) is 29.0. The van der Waals surface area contributed by atoms with E-state index in [0.29, 0.717) is 40.5 Å². The van der Waals surface area contributed by atoms with Gasteiger partial charge in [-0.3, -0.25) is 0 Å². The minimum atomic E-state index is 0.476. The van der Waals surface area contributed by atoms with E-state index in [-0.39, 0.29) is 0 Å². The zero-order valence-corrected chi connectivity index (χ0v) is 65.7. The fourth-order valence-corrected chi connectivity index (χ4v) is 16.4. The van der Waals surface area contributed by atoms with E-state index in [1.54, 1.807) is 0 Å². The van der Waals surface area contributed by atoms with Crippen LogP contribution in [0.1, 0.15) is 0 Å². The summed E-state index contributed by atoms with van der Waals surface area (Å²) in [7, 11) is 0. The van der Waals surface area contributed by atoms with E-state index < -0.39 is 0 Å². The first kappa shape index (κ1) is 71.9. The molecule has 22 rings (SSSR count). The molecule has 0 amide bonds. The fraction of sp³-hybridized carbons (Fsp3) is 0. The molecule has 22 aromatic rings. The van der Waals surface area contributed by atoms with Crippen LogP contribution in [0, 0.1) is 0 Å². The van der Waals surface area contributed by atoms with E-state index in [4.69, 9.17) is 53.7 Å². The fourth-order valence-electron chi connectivity index (χ4n) is 16.4. The Balaban J connectivity index is 0.652. The molecule has 0 aliphatic carbocycles. The lowest BCUT2D eigenvalue weighted by Gasteiger charge is -2.14. The van der Waals surface area contributed by atoms with Gasteiger partial charge in [-0.2, -0.15) is 0 Å². The maximum absolute atomic E-state index is 7.12. The second-order valence-electron chi connectivity index (χ2n) is 30.4. The Bertz CT molecular complexity index is 7590. The number of rotatable bonds is 17. The third-order valence-electron chi connectivity index (χ3n) is 22.6. The Hall–Kier alpha value is -16.6. The molecule has 0 N–H and O–H groups in total. The molecule has 0 aliphatic rings. The number of aromatic nitrogens is 9. The molecule has 570 valence electrons. The standard InChI is InChI=1S/C111H69N9O2/c1-8-27-70(28-9-1)81-41-24-44-85(59-81)101-69-100(114-107(117-101)79-37-18-6-19-38-79)77-53-49-71(50-54-77)90-63-94-89-58-57-83(62-103(89)122-104(94)65-92(90)72-51-55-76(56-52-72)99-68-96(73-29-10-2-11-30-73)112-106(113-99)78-35-16-5-17-36-78)82-42-25-45-86(60-82)110-118-108(80-39-20-7-21-40-80)119-111(120-110)95-66-105-93(88-47-22-23-48-102(88)121-105)64-91(95)84-43-26-46-87(61-84)109-115-97(74-31-12-3-13-32-74)67-98(116-109)75-33-14-4-15-34-75/h1-69H. The zero-order chi connectivity index (χ0) is 80.8. The number of fused-ring (bicyclic) bond motifs is 6. The average molecular weight is 1560 g/mol. The summed E-state index contributed by atoms with van der Waals surface area (Å²) in [5, 5.41) is 3.93. The highest BCUT2D eigenvalue weighted by Gasteiger charge is 2.24. The number of hydrogen-bond acceptors (Lipinski definition) is 11. The molecule has 6 aromatic heterocycles. The topological polar surface area (TPSA) is 142 Å². The van der Waals surface area contributed by atoms with E-state index in [1.807, 2.05) is 146 Å². The first-order valence-corrected chi connectivity index (χ1v) is 40.7. The van der Waals surface area contributed by atoms with E-state index in [9.17, 15) is 0 Å². The van der Waals surface area contributed by atoms with E-state index >= 15 is 0 Å². The van der Waals surface area contributed by atoms with Crippen molar-refractivity contribution in [2.24, 2.45) is 0 Å². The summed E-state index contributed by atoms with van der Waals surface area (Å²) in [4.78, 5) is 47.5. The normalized spacial score (nSPS) is 11.4. The molecule has 122 heavy (non-hydrogen) atoms. The molecule has 0 fully saturated rings. The van der Waals surface area contributed by atoms with Crippen LogP contribution in [0.5, 0.6) is 0 Å². The summed E-state index contributed by atoms with van der Waals surface area (Å²) < 4.78 is 13.8. The van der Waals surface area contributed by atoms with Crippen LogP contribution in [0.4, 0.5) is 0 Å². The molecular formula is C111H69N9O2. The Morgan fingerprint density at radius 1 is 0.123 bits per heavy atom. The Morgan fingerprint density at radius 3 is 0.877 bits per heavy atom. The van der Waals surface area contributed by atoms with Crippen LogP contribution in [0.15, 0.2) is 427 Å². The van der Waals surface area contributed by atoms with Gasteiger partial charge in [-0.1, -0.05) is 340 Å². The minimum absolute atomic E-state index is 0.476. The molecule has 16 aromatic carbocycles. The van der Waals surface area contributed by atoms with Crippen LogP contribution in [0.2, 0.25) is 0 Å². The highest BCUT2D eigenvalue weighted by atomic mass is 16.3. The summed E-state index contributed by atoms with van der Waals surface area (Å²) in [5.74, 6) is 3.40. The molecule has 0 aliphatic heterocycles. The van der Waals surface area contributed by atoms with Crippen LogP contribution < -0.4 is 0 Å². The van der Waals surface area contributed by atoms with Crippen LogP contribution in [0.3, 0.4) is 0 Å². The summed E-state index contributed by atoms with van der Waals surface area (Å²) in [6.07, 6.45) is 0. The lowest BCUT2D eigenvalue weighted by Crippen LogP contribution is -2.01. The summed E-state index contributed by atoms with van der Waals surface area (Å²) in [6, 6.07) is 144. The van der Waals surface area contributed by atoms with E-state index in [1.165, 1.54) is 0 Å². The van der Waals surface area contributed by atoms with Crippen LogP contribution in [-0.2, 0) is 0 Å². The minimum Gasteiger partial charge on any atom is -0.456 e. The number of nitrogens with zero attached hydrogens (tertiary/aromatic N) is 9. The third-order valence-corrected chi connectivity index (χ3v) is 22.6. The highest BCUT2D eigenvalue weighted by Crippen LogP contribution is 2.45. The van der Waals surface area contributed by atoms with Crippen molar-refractivity contribution in [2.75, 3.05) is 0 Å². The van der Waals surface area contributed by atoms with Crippen molar-refractivity contribution in [3.8, 4) is 192 Å². The quantitative estimate of drug-likeness (QED) is 0.0860. The van der Waals surface area contributed by atoms with Crippen molar-refractivity contribution in [3.63, 3.8) is 0 Å². The monoisotopic (exact) mass is 1560 g/mol. The van der Waals surface area contributed by atoms with Crippen molar-refractivity contribution < 1.29 is 8.83 Å².